The topological polar surface area (TPSA) is 46.6 Å². The van der Waals surface area contributed by atoms with Crippen LogP contribution >= 0.6 is 11.6 Å². The Morgan fingerprint density at radius 3 is 2.65 bits per heavy atom. The molecule has 5 heteroatoms. The average molecular weight is 328 g/mol. The molecule has 0 saturated heterocycles. The first-order valence-corrected chi connectivity index (χ1v) is 7.57. The number of halogens is 1. The Bertz CT molecular complexity index is 799. The molecule has 0 spiro atoms. The van der Waals surface area contributed by atoms with Crippen LogP contribution in [0.2, 0.25) is 5.02 Å². The van der Waals surface area contributed by atoms with Crippen LogP contribution in [0.5, 0.6) is 0 Å². The summed E-state index contributed by atoms with van der Waals surface area (Å²) in [5, 5.41) is 0.451. The molecule has 23 heavy (non-hydrogen) atoms. The summed E-state index contributed by atoms with van der Waals surface area (Å²) in [7, 11) is 0. The van der Waals surface area contributed by atoms with E-state index in [-0.39, 0.29) is 6.61 Å². The van der Waals surface area contributed by atoms with E-state index in [0.29, 0.717) is 21.8 Å². The Balaban J connectivity index is 2.12. The van der Waals surface area contributed by atoms with Gasteiger partial charge in [-0.2, -0.15) is 0 Å². The van der Waals surface area contributed by atoms with Crippen molar-refractivity contribution in [1.82, 2.24) is 0 Å². The summed E-state index contributed by atoms with van der Waals surface area (Å²) >= 11 is 6.02. The molecule has 4 nitrogen and oxygen atoms in total. The van der Waals surface area contributed by atoms with Gasteiger partial charge in [-0.1, -0.05) is 48.0 Å². The Kier molecular flexibility index (Phi) is 4.17. The van der Waals surface area contributed by atoms with E-state index in [2.05, 4.69) is 0 Å². The molecule has 2 aromatic rings. The van der Waals surface area contributed by atoms with Crippen molar-refractivity contribution in [3.63, 3.8) is 0 Å². The third kappa shape index (κ3) is 2.85. The van der Waals surface area contributed by atoms with E-state index >= 15 is 0 Å². The molecule has 1 aliphatic rings. The van der Waals surface area contributed by atoms with E-state index in [4.69, 9.17) is 16.3 Å². The zero-order chi connectivity index (χ0) is 16.4. The summed E-state index contributed by atoms with van der Waals surface area (Å²) in [6.07, 6.45) is 1.06. The van der Waals surface area contributed by atoms with Crippen LogP contribution in [0.15, 0.2) is 48.5 Å². The van der Waals surface area contributed by atoms with E-state index in [1.807, 2.05) is 30.3 Å². The number of ether oxygens (including phenoxy) is 1. The number of hydrogen-bond donors (Lipinski definition) is 0. The summed E-state index contributed by atoms with van der Waals surface area (Å²) in [6.45, 7) is 1.88. The molecule has 0 radical (unpaired) electrons. The van der Waals surface area contributed by atoms with Gasteiger partial charge in [-0.25, -0.2) is 9.69 Å². The highest BCUT2D eigenvalue weighted by molar-refractivity contribution is 6.42. The molecule has 0 fully saturated rings. The lowest BCUT2D eigenvalue weighted by Gasteiger charge is -2.14. The minimum absolute atomic E-state index is 0.191. The third-order valence-electron chi connectivity index (χ3n) is 3.49. The molecule has 1 heterocycles. The molecule has 116 valence electrons. The van der Waals surface area contributed by atoms with Gasteiger partial charge >= 0.3 is 6.09 Å². The second-order valence-corrected chi connectivity index (χ2v) is 5.41. The summed E-state index contributed by atoms with van der Waals surface area (Å²) in [5.41, 5.74) is 2.43. The number of hydrogen-bond acceptors (Lipinski definition) is 3. The number of amides is 2. The average Bonchev–Trinajstić information content (AvgIpc) is 2.80. The van der Waals surface area contributed by atoms with E-state index in [0.717, 1.165) is 10.5 Å². The first-order valence-electron chi connectivity index (χ1n) is 7.19. The summed E-state index contributed by atoms with van der Waals surface area (Å²) in [4.78, 5) is 25.9. The van der Waals surface area contributed by atoms with Crippen molar-refractivity contribution < 1.29 is 14.3 Å². The number of benzene rings is 2. The van der Waals surface area contributed by atoms with Crippen LogP contribution in [0, 0.1) is 0 Å². The molecule has 0 bridgehead atoms. The molecule has 0 atom stereocenters. The van der Waals surface area contributed by atoms with Crippen molar-refractivity contribution >= 4 is 40.9 Å². The zero-order valence-corrected chi connectivity index (χ0v) is 13.2. The van der Waals surface area contributed by atoms with Gasteiger partial charge < -0.3 is 4.74 Å². The van der Waals surface area contributed by atoms with Gasteiger partial charge in [0.25, 0.3) is 5.91 Å². The first kappa shape index (κ1) is 15.3. The number of nitrogens with zero attached hydrogens (tertiary/aromatic N) is 1. The number of anilines is 1. The molecule has 2 aromatic carbocycles. The molecule has 3 rings (SSSR count). The lowest BCUT2D eigenvalue weighted by atomic mass is 10.0. The third-order valence-corrected chi connectivity index (χ3v) is 3.72. The molecule has 1 aliphatic heterocycles. The number of imide groups is 1. The molecule has 2 amide bonds. The van der Waals surface area contributed by atoms with E-state index in [1.165, 1.54) is 0 Å². The maximum atomic E-state index is 12.7. The van der Waals surface area contributed by atoms with Crippen molar-refractivity contribution in [3.8, 4) is 0 Å². The van der Waals surface area contributed by atoms with Gasteiger partial charge in [0, 0.05) is 10.6 Å². The quantitative estimate of drug-likeness (QED) is 0.769. The number of fused-ring (bicyclic) bond motifs is 1. The predicted octanol–water partition coefficient (Wildman–Crippen LogP) is 4.38. The highest BCUT2D eigenvalue weighted by atomic mass is 35.5. The van der Waals surface area contributed by atoms with Crippen LogP contribution in [0.4, 0.5) is 10.5 Å². The van der Waals surface area contributed by atoms with Crippen LogP contribution in [0.3, 0.4) is 0 Å². The van der Waals surface area contributed by atoms with Gasteiger partial charge in [0.1, 0.15) is 0 Å². The minimum Gasteiger partial charge on any atom is -0.449 e. The van der Waals surface area contributed by atoms with Crippen LogP contribution in [0.25, 0.3) is 11.6 Å². The number of carbonyl (C=O) groups excluding carboxylic acids is 2. The molecule has 0 aliphatic carbocycles. The second-order valence-electron chi connectivity index (χ2n) is 4.97. The van der Waals surface area contributed by atoms with Gasteiger partial charge in [0.05, 0.1) is 17.9 Å². The van der Waals surface area contributed by atoms with Gasteiger partial charge in [0.15, 0.2) is 0 Å². The largest absolute Gasteiger partial charge is 0.449 e. The van der Waals surface area contributed by atoms with Crippen molar-refractivity contribution in [1.29, 1.82) is 0 Å². The number of carbonyl (C=O) groups is 2. The molecule has 0 saturated carbocycles. The Morgan fingerprint density at radius 2 is 1.96 bits per heavy atom. The van der Waals surface area contributed by atoms with Crippen LogP contribution in [0.1, 0.15) is 18.1 Å². The smallest absolute Gasteiger partial charge is 0.421 e. The van der Waals surface area contributed by atoms with Gasteiger partial charge in [-0.15, -0.1) is 0 Å². The number of rotatable bonds is 2. The monoisotopic (exact) mass is 327 g/mol. The van der Waals surface area contributed by atoms with Crippen molar-refractivity contribution in [3.05, 3.63) is 64.7 Å². The lowest BCUT2D eigenvalue weighted by Crippen LogP contribution is -2.34. The minimum atomic E-state index is -0.697. The van der Waals surface area contributed by atoms with E-state index in [9.17, 15) is 9.59 Å². The fourth-order valence-electron chi connectivity index (χ4n) is 2.49. The lowest BCUT2D eigenvalue weighted by molar-refractivity contribution is -0.112. The van der Waals surface area contributed by atoms with Crippen LogP contribution < -0.4 is 4.90 Å². The van der Waals surface area contributed by atoms with Gasteiger partial charge in [-0.05, 0) is 30.7 Å². The second kappa shape index (κ2) is 6.26. The molecule has 0 unspecified atom stereocenters. The van der Waals surface area contributed by atoms with Crippen LogP contribution in [-0.2, 0) is 9.53 Å². The Labute approximate surface area is 138 Å². The fraction of sp³-hybridized carbons (Fsp3) is 0.111. The zero-order valence-electron chi connectivity index (χ0n) is 12.5. The van der Waals surface area contributed by atoms with Crippen LogP contribution in [-0.4, -0.2) is 18.6 Å². The van der Waals surface area contributed by atoms with Crippen molar-refractivity contribution in [2.75, 3.05) is 11.5 Å². The van der Waals surface area contributed by atoms with E-state index in [1.54, 1.807) is 31.2 Å². The summed E-state index contributed by atoms with van der Waals surface area (Å²) in [6, 6.07) is 14.5. The molecule has 0 aromatic heterocycles. The fourth-order valence-corrected chi connectivity index (χ4v) is 2.65. The Hall–Kier alpha value is -2.59. The molecular formula is C18H14ClNO3. The SMILES string of the molecule is CCOC(=O)N1C(=O)C(=Cc2ccccc2)c2ccc(Cl)cc21. The first-order chi connectivity index (χ1) is 11.1. The summed E-state index contributed by atoms with van der Waals surface area (Å²) < 4.78 is 4.99. The standard InChI is InChI=1S/C18H14ClNO3/c1-2-23-18(22)20-16-11-13(19)8-9-14(16)15(17(20)21)10-12-6-4-3-5-7-12/h3-11H,2H2,1H3. The summed E-state index contributed by atoms with van der Waals surface area (Å²) in [5.74, 6) is -0.412. The molecular weight excluding hydrogens is 314 g/mol. The molecule has 0 N–H and O–H groups in total. The highest BCUT2D eigenvalue weighted by Crippen LogP contribution is 2.39. The van der Waals surface area contributed by atoms with Gasteiger partial charge in [-0.3, -0.25) is 4.79 Å². The van der Waals surface area contributed by atoms with Crippen molar-refractivity contribution in [2.45, 2.75) is 6.92 Å². The van der Waals surface area contributed by atoms with E-state index < -0.39 is 12.0 Å². The normalized spacial score (nSPS) is 15.0. The van der Waals surface area contributed by atoms with Gasteiger partial charge in [0.2, 0.25) is 0 Å². The maximum Gasteiger partial charge on any atom is 0.421 e. The maximum absolute atomic E-state index is 12.7. The van der Waals surface area contributed by atoms with Crippen molar-refractivity contribution in [2.24, 2.45) is 0 Å². The Morgan fingerprint density at radius 1 is 1.22 bits per heavy atom. The highest BCUT2D eigenvalue weighted by Gasteiger charge is 2.37. The predicted molar refractivity (Wildman–Crippen MR) is 90.3 cm³/mol.